The summed E-state index contributed by atoms with van der Waals surface area (Å²) in [7, 11) is 0. The quantitative estimate of drug-likeness (QED) is 0.904. The van der Waals surface area contributed by atoms with Gasteiger partial charge in [-0.25, -0.2) is 4.39 Å². The van der Waals surface area contributed by atoms with E-state index in [2.05, 4.69) is 24.1 Å². The first-order valence-corrected chi connectivity index (χ1v) is 7.62. The zero-order chi connectivity index (χ0) is 13.0. The maximum Gasteiger partial charge on any atom is 0.146 e. The van der Waals surface area contributed by atoms with Gasteiger partial charge in [-0.1, -0.05) is 26.0 Å². The predicted octanol–water partition coefficient (Wildman–Crippen LogP) is 2.88. The van der Waals surface area contributed by atoms with E-state index in [1.807, 2.05) is 17.8 Å². The molecule has 0 radical (unpaired) electrons. The highest BCUT2D eigenvalue weighted by Gasteiger charge is 2.21. The zero-order valence-electron chi connectivity index (χ0n) is 11.1. The summed E-state index contributed by atoms with van der Waals surface area (Å²) in [6, 6.07) is 5.39. The normalized spacial score (nSPS) is 20.2. The molecule has 4 heteroatoms. The van der Waals surface area contributed by atoms with E-state index in [0.717, 1.165) is 43.2 Å². The van der Waals surface area contributed by atoms with Crippen LogP contribution in [0.3, 0.4) is 0 Å². The molecule has 2 nitrogen and oxygen atoms in total. The summed E-state index contributed by atoms with van der Waals surface area (Å²) < 4.78 is 14.1. The molecule has 2 rings (SSSR count). The van der Waals surface area contributed by atoms with Crippen molar-refractivity contribution in [2.24, 2.45) is 0 Å². The van der Waals surface area contributed by atoms with E-state index < -0.39 is 0 Å². The van der Waals surface area contributed by atoms with Crippen LogP contribution in [0.2, 0.25) is 0 Å². The molecule has 0 amide bonds. The number of halogens is 1. The highest BCUT2D eigenvalue weighted by Crippen LogP contribution is 2.29. The first kappa shape index (κ1) is 13.7. The third-order valence-electron chi connectivity index (χ3n) is 3.19. The minimum atomic E-state index is -0.0931. The Bertz CT molecular complexity index is 397. The van der Waals surface area contributed by atoms with Gasteiger partial charge in [-0.15, -0.1) is 0 Å². The number of rotatable bonds is 4. The molecule has 1 unspecified atom stereocenters. The molecule has 1 N–H and O–H groups in total. The number of anilines is 1. The monoisotopic (exact) mass is 268 g/mol. The van der Waals surface area contributed by atoms with Gasteiger partial charge in [0.1, 0.15) is 5.82 Å². The van der Waals surface area contributed by atoms with Gasteiger partial charge < -0.3 is 10.2 Å². The maximum atomic E-state index is 14.1. The molecule has 0 spiro atoms. The number of nitrogens with one attached hydrogen (secondary N) is 1. The van der Waals surface area contributed by atoms with Crippen molar-refractivity contribution in [3.05, 3.63) is 29.6 Å². The van der Waals surface area contributed by atoms with Crippen LogP contribution in [0, 0.1) is 5.82 Å². The number of hydrogen-bond acceptors (Lipinski definition) is 3. The zero-order valence-corrected chi connectivity index (χ0v) is 11.9. The lowest BCUT2D eigenvalue weighted by Crippen LogP contribution is -2.38. The standard InChI is InChI=1S/C14H21FN2S/c1-3-16-9-12-5-4-6-13(15)14(12)17-7-8-18-11(2)10-17/h4-6,11,16H,3,7-10H2,1-2H3. The Morgan fingerprint density at radius 3 is 3.06 bits per heavy atom. The van der Waals surface area contributed by atoms with Crippen molar-refractivity contribution in [3.63, 3.8) is 0 Å². The Hall–Kier alpha value is -0.740. The molecule has 1 aromatic rings. The number of hydrogen-bond donors (Lipinski definition) is 1. The molecule has 1 fully saturated rings. The van der Waals surface area contributed by atoms with Crippen molar-refractivity contribution < 1.29 is 4.39 Å². The Labute approximate surface area is 113 Å². The summed E-state index contributed by atoms with van der Waals surface area (Å²) in [6.45, 7) is 7.80. The summed E-state index contributed by atoms with van der Waals surface area (Å²) in [5, 5.41) is 3.86. The molecule has 1 aliphatic heterocycles. The Kier molecular flexibility index (Phi) is 4.89. The van der Waals surface area contributed by atoms with Crippen LogP contribution in [-0.4, -0.2) is 30.6 Å². The molecular formula is C14H21FN2S. The van der Waals surface area contributed by atoms with Crippen molar-refractivity contribution >= 4 is 17.4 Å². The van der Waals surface area contributed by atoms with E-state index in [0.29, 0.717) is 5.25 Å². The van der Waals surface area contributed by atoms with Crippen molar-refractivity contribution in [2.75, 3.05) is 30.3 Å². The lowest BCUT2D eigenvalue weighted by Gasteiger charge is -2.34. The van der Waals surface area contributed by atoms with Crippen LogP contribution < -0.4 is 10.2 Å². The highest BCUT2D eigenvalue weighted by molar-refractivity contribution is 8.00. The molecule has 0 aromatic heterocycles. The molecule has 1 atom stereocenters. The number of para-hydroxylation sites is 1. The molecule has 1 heterocycles. The number of benzene rings is 1. The van der Waals surface area contributed by atoms with E-state index >= 15 is 0 Å². The first-order chi connectivity index (χ1) is 8.72. The predicted molar refractivity (Wildman–Crippen MR) is 77.9 cm³/mol. The van der Waals surface area contributed by atoms with Crippen LogP contribution in [0.4, 0.5) is 10.1 Å². The van der Waals surface area contributed by atoms with Crippen molar-refractivity contribution in [2.45, 2.75) is 25.6 Å². The molecule has 0 aliphatic carbocycles. The average molecular weight is 268 g/mol. The summed E-state index contributed by atoms with van der Waals surface area (Å²) in [4.78, 5) is 2.20. The van der Waals surface area contributed by atoms with Crippen LogP contribution in [0.25, 0.3) is 0 Å². The smallest absolute Gasteiger partial charge is 0.146 e. The van der Waals surface area contributed by atoms with E-state index in [4.69, 9.17) is 0 Å². The SMILES string of the molecule is CCNCc1cccc(F)c1N1CCSC(C)C1. The molecule has 18 heavy (non-hydrogen) atoms. The Morgan fingerprint density at radius 1 is 1.50 bits per heavy atom. The van der Waals surface area contributed by atoms with Crippen LogP contribution in [0.5, 0.6) is 0 Å². The van der Waals surface area contributed by atoms with Gasteiger partial charge >= 0.3 is 0 Å². The fourth-order valence-electron chi connectivity index (χ4n) is 2.34. The van der Waals surface area contributed by atoms with Gasteiger partial charge in [0.05, 0.1) is 5.69 Å². The van der Waals surface area contributed by atoms with Crippen LogP contribution in [-0.2, 0) is 6.54 Å². The minimum Gasteiger partial charge on any atom is -0.367 e. The lowest BCUT2D eigenvalue weighted by molar-refractivity contribution is 0.609. The van der Waals surface area contributed by atoms with Gasteiger partial charge in [0.15, 0.2) is 0 Å². The van der Waals surface area contributed by atoms with E-state index in [1.54, 1.807) is 12.1 Å². The summed E-state index contributed by atoms with van der Waals surface area (Å²) in [6.07, 6.45) is 0. The van der Waals surface area contributed by atoms with E-state index in [1.165, 1.54) is 0 Å². The summed E-state index contributed by atoms with van der Waals surface area (Å²) in [5.74, 6) is 0.986. The number of thioether (sulfide) groups is 1. The topological polar surface area (TPSA) is 15.3 Å². The minimum absolute atomic E-state index is 0.0931. The largest absolute Gasteiger partial charge is 0.367 e. The molecule has 1 aliphatic rings. The van der Waals surface area contributed by atoms with E-state index in [-0.39, 0.29) is 5.82 Å². The molecular weight excluding hydrogens is 247 g/mol. The third kappa shape index (κ3) is 3.18. The van der Waals surface area contributed by atoms with Crippen LogP contribution >= 0.6 is 11.8 Å². The molecule has 0 bridgehead atoms. The first-order valence-electron chi connectivity index (χ1n) is 6.57. The average Bonchev–Trinajstić information content (AvgIpc) is 2.36. The van der Waals surface area contributed by atoms with Gasteiger partial charge in [-0.3, -0.25) is 0 Å². The third-order valence-corrected chi connectivity index (χ3v) is 4.33. The highest BCUT2D eigenvalue weighted by atomic mass is 32.2. The summed E-state index contributed by atoms with van der Waals surface area (Å²) >= 11 is 1.97. The second kappa shape index (κ2) is 6.43. The summed E-state index contributed by atoms with van der Waals surface area (Å²) in [5.41, 5.74) is 1.86. The van der Waals surface area contributed by atoms with Crippen LogP contribution in [0.1, 0.15) is 19.4 Å². The second-order valence-electron chi connectivity index (χ2n) is 4.66. The Balaban J connectivity index is 2.23. The van der Waals surface area contributed by atoms with Crippen molar-refractivity contribution in [3.8, 4) is 0 Å². The van der Waals surface area contributed by atoms with Crippen LogP contribution in [0.15, 0.2) is 18.2 Å². The molecule has 1 aromatic carbocycles. The Morgan fingerprint density at radius 2 is 2.33 bits per heavy atom. The maximum absolute atomic E-state index is 14.1. The molecule has 100 valence electrons. The van der Waals surface area contributed by atoms with Crippen molar-refractivity contribution in [1.29, 1.82) is 0 Å². The van der Waals surface area contributed by atoms with E-state index in [9.17, 15) is 4.39 Å². The van der Waals surface area contributed by atoms with Gasteiger partial charge in [0, 0.05) is 30.6 Å². The lowest BCUT2D eigenvalue weighted by atomic mass is 10.1. The fourth-order valence-corrected chi connectivity index (χ4v) is 3.35. The van der Waals surface area contributed by atoms with Gasteiger partial charge in [-0.05, 0) is 18.2 Å². The van der Waals surface area contributed by atoms with Gasteiger partial charge in [0.25, 0.3) is 0 Å². The van der Waals surface area contributed by atoms with Crippen molar-refractivity contribution in [1.82, 2.24) is 5.32 Å². The van der Waals surface area contributed by atoms with Gasteiger partial charge in [-0.2, -0.15) is 11.8 Å². The molecule has 1 saturated heterocycles. The second-order valence-corrected chi connectivity index (χ2v) is 6.20. The van der Waals surface area contributed by atoms with Gasteiger partial charge in [0.2, 0.25) is 0 Å². The molecule has 0 saturated carbocycles. The number of nitrogens with zero attached hydrogens (tertiary/aromatic N) is 1. The fraction of sp³-hybridized carbons (Fsp3) is 0.571.